The molecule has 16 heavy (non-hydrogen) atoms. The molecule has 0 aromatic carbocycles. The minimum absolute atomic E-state index is 0.0661. The van der Waals surface area contributed by atoms with E-state index in [9.17, 15) is 4.79 Å². The first kappa shape index (κ1) is 11.9. The number of rotatable bonds is 2. The molecular formula is C13H24N2O. The predicted molar refractivity (Wildman–Crippen MR) is 64.9 cm³/mol. The van der Waals surface area contributed by atoms with Crippen LogP contribution in [0.2, 0.25) is 0 Å². The van der Waals surface area contributed by atoms with Crippen LogP contribution in [-0.4, -0.2) is 18.0 Å². The van der Waals surface area contributed by atoms with E-state index in [0.29, 0.717) is 6.04 Å². The van der Waals surface area contributed by atoms with Crippen LogP contribution < -0.4 is 11.1 Å². The molecule has 3 heteroatoms. The number of hydrogen-bond acceptors (Lipinski definition) is 2. The van der Waals surface area contributed by atoms with Gasteiger partial charge in [0.1, 0.15) is 0 Å². The zero-order valence-corrected chi connectivity index (χ0v) is 10.5. The number of carbonyl (C=O) groups excluding carboxylic acids is 1. The average molecular weight is 224 g/mol. The van der Waals surface area contributed by atoms with E-state index >= 15 is 0 Å². The van der Waals surface area contributed by atoms with Crippen LogP contribution in [0.4, 0.5) is 0 Å². The van der Waals surface area contributed by atoms with E-state index in [1.165, 1.54) is 12.8 Å². The third-order valence-electron chi connectivity index (χ3n) is 4.48. The molecule has 0 aromatic rings. The van der Waals surface area contributed by atoms with Gasteiger partial charge in [-0.15, -0.1) is 0 Å². The number of nitrogens with two attached hydrogens (primary N) is 1. The largest absolute Gasteiger partial charge is 0.353 e. The molecule has 2 fully saturated rings. The second-order valence-electron chi connectivity index (χ2n) is 6.14. The lowest BCUT2D eigenvalue weighted by atomic mass is 9.87. The summed E-state index contributed by atoms with van der Waals surface area (Å²) >= 11 is 0. The number of carbonyl (C=O) groups is 1. The number of amides is 1. The Morgan fingerprint density at radius 3 is 2.50 bits per heavy atom. The molecule has 1 amide bonds. The Hall–Kier alpha value is -0.570. The summed E-state index contributed by atoms with van der Waals surface area (Å²) in [5, 5.41) is 3.22. The first-order chi connectivity index (χ1) is 7.50. The third kappa shape index (κ3) is 2.24. The summed E-state index contributed by atoms with van der Waals surface area (Å²) in [6.45, 7) is 4.50. The standard InChI is InChI=1S/C13H24N2O/c1-13(2)8-4-7-11(13)15-12(16)9-5-3-6-10(9)14/h9-11H,3-8,14H2,1-2H3,(H,15,16). The van der Waals surface area contributed by atoms with E-state index in [0.717, 1.165) is 25.7 Å². The van der Waals surface area contributed by atoms with Crippen molar-refractivity contribution in [3.63, 3.8) is 0 Å². The van der Waals surface area contributed by atoms with Crippen LogP contribution in [0.5, 0.6) is 0 Å². The van der Waals surface area contributed by atoms with Gasteiger partial charge in [-0.1, -0.05) is 26.7 Å². The van der Waals surface area contributed by atoms with Gasteiger partial charge in [0.25, 0.3) is 0 Å². The molecule has 0 heterocycles. The zero-order valence-electron chi connectivity index (χ0n) is 10.5. The van der Waals surface area contributed by atoms with Crippen molar-refractivity contribution in [1.29, 1.82) is 0 Å². The normalized spacial score (nSPS) is 37.6. The molecule has 0 bridgehead atoms. The van der Waals surface area contributed by atoms with Crippen LogP contribution in [0.3, 0.4) is 0 Å². The van der Waals surface area contributed by atoms with Gasteiger partial charge in [-0.3, -0.25) is 4.79 Å². The second-order valence-corrected chi connectivity index (χ2v) is 6.14. The van der Waals surface area contributed by atoms with Gasteiger partial charge in [0, 0.05) is 12.1 Å². The van der Waals surface area contributed by atoms with Gasteiger partial charge in [-0.25, -0.2) is 0 Å². The van der Waals surface area contributed by atoms with Crippen LogP contribution >= 0.6 is 0 Å². The monoisotopic (exact) mass is 224 g/mol. The van der Waals surface area contributed by atoms with Crippen molar-refractivity contribution in [3.8, 4) is 0 Å². The van der Waals surface area contributed by atoms with Gasteiger partial charge in [0.05, 0.1) is 5.92 Å². The fourth-order valence-corrected chi connectivity index (χ4v) is 3.19. The summed E-state index contributed by atoms with van der Waals surface area (Å²) in [7, 11) is 0. The minimum atomic E-state index is 0.0661. The average Bonchev–Trinajstić information content (AvgIpc) is 2.74. The van der Waals surface area contributed by atoms with E-state index in [4.69, 9.17) is 5.73 Å². The molecule has 92 valence electrons. The van der Waals surface area contributed by atoms with Crippen molar-refractivity contribution in [2.24, 2.45) is 17.1 Å². The Balaban J connectivity index is 1.92. The lowest BCUT2D eigenvalue weighted by molar-refractivity contribution is -0.126. The van der Waals surface area contributed by atoms with Crippen LogP contribution in [0.15, 0.2) is 0 Å². The zero-order chi connectivity index (χ0) is 11.8. The highest BCUT2D eigenvalue weighted by Crippen LogP contribution is 2.37. The molecule has 2 saturated carbocycles. The highest BCUT2D eigenvalue weighted by molar-refractivity contribution is 5.80. The van der Waals surface area contributed by atoms with Crippen molar-refractivity contribution >= 4 is 5.91 Å². The molecule has 0 spiro atoms. The van der Waals surface area contributed by atoms with Gasteiger partial charge in [-0.05, 0) is 31.1 Å². The SMILES string of the molecule is CC1(C)CCCC1NC(=O)C1CCCC1N. The topological polar surface area (TPSA) is 55.1 Å². The maximum absolute atomic E-state index is 12.1. The smallest absolute Gasteiger partial charge is 0.224 e. The molecule has 0 aliphatic heterocycles. The Bertz CT molecular complexity index is 275. The summed E-state index contributed by atoms with van der Waals surface area (Å²) in [6.07, 6.45) is 6.66. The molecule has 2 aliphatic rings. The van der Waals surface area contributed by atoms with Crippen molar-refractivity contribution in [1.82, 2.24) is 5.32 Å². The van der Waals surface area contributed by atoms with E-state index in [1.807, 2.05) is 0 Å². The van der Waals surface area contributed by atoms with Crippen LogP contribution in [0.1, 0.15) is 52.4 Å². The molecule has 2 aliphatic carbocycles. The van der Waals surface area contributed by atoms with Gasteiger partial charge < -0.3 is 11.1 Å². The summed E-state index contributed by atoms with van der Waals surface area (Å²) in [4.78, 5) is 12.1. The molecular weight excluding hydrogens is 200 g/mol. The lowest BCUT2D eigenvalue weighted by Crippen LogP contribution is -2.46. The predicted octanol–water partition coefficient (Wildman–Crippen LogP) is 1.81. The summed E-state index contributed by atoms with van der Waals surface area (Å²) < 4.78 is 0. The molecule has 3 unspecified atom stereocenters. The van der Waals surface area contributed by atoms with Crippen LogP contribution in [0.25, 0.3) is 0 Å². The number of nitrogens with one attached hydrogen (secondary N) is 1. The van der Waals surface area contributed by atoms with E-state index in [1.54, 1.807) is 0 Å². The Morgan fingerprint density at radius 1 is 1.25 bits per heavy atom. The van der Waals surface area contributed by atoms with Crippen molar-refractivity contribution in [2.75, 3.05) is 0 Å². The van der Waals surface area contributed by atoms with Crippen LogP contribution in [-0.2, 0) is 4.79 Å². The highest BCUT2D eigenvalue weighted by atomic mass is 16.2. The van der Waals surface area contributed by atoms with E-state index in [-0.39, 0.29) is 23.3 Å². The lowest BCUT2D eigenvalue weighted by Gasteiger charge is -2.29. The maximum atomic E-state index is 12.1. The van der Waals surface area contributed by atoms with Gasteiger partial charge in [0.15, 0.2) is 0 Å². The molecule has 0 saturated heterocycles. The third-order valence-corrected chi connectivity index (χ3v) is 4.48. The second kappa shape index (κ2) is 4.36. The van der Waals surface area contributed by atoms with Gasteiger partial charge in [0.2, 0.25) is 5.91 Å². The first-order valence-electron chi connectivity index (χ1n) is 6.57. The summed E-state index contributed by atoms with van der Waals surface area (Å²) in [6, 6.07) is 0.442. The Morgan fingerprint density at radius 2 is 2.00 bits per heavy atom. The summed E-state index contributed by atoms with van der Waals surface area (Å²) in [5.74, 6) is 0.265. The quantitative estimate of drug-likeness (QED) is 0.751. The first-order valence-corrected chi connectivity index (χ1v) is 6.57. The van der Waals surface area contributed by atoms with Gasteiger partial charge in [-0.2, -0.15) is 0 Å². The van der Waals surface area contributed by atoms with Crippen molar-refractivity contribution < 1.29 is 4.79 Å². The number of hydrogen-bond donors (Lipinski definition) is 2. The fraction of sp³-hybridized carbons (Fsp3) is 0.923. The van der Waals surface area contributed by atoms with Crippen molar-refractivity contribution in [3.05, 3.63) is 0 Å². The molecule has 3 nitrogen and oxygen atoms in total. The van der Waals surface area contributed by atoms with E-state index in [2.05, 4.69) is 19.2 Å². The maximum Gasteiger partial charge on any atom is 0.224 e. The highest BCUT2D eigenvalue weighted by Gasteiger charge is 2.38. The Kier molecular flexibility index (Phi) is 3.24. The minimum Gasteiger partial charge on any atom is -0.353 e. The Labute approximate surface area is 98.2 Å². The molecule has 0 aromatic heterocycles. The van der Waals surface area contributed by atoms with Crippen LogP contribution in [0, 0.1) is 11.3 Å². The van der Waals surface area contributed by atoms with Crippen molar-refractivity contribution in [2.45, 2.75) is 64.5 Å². The fourth-order valence-electron chi connectivity index (χ4n) is 3.19. The molecule has 0 radical (unpaired) electrons. The van der Waals surface area contributed by atoms with E-state index < -0.39 is 0 Å². The summed E-state index contributed by atoms with van der Waals surface area (Å²) in [5.41, 5.74) is 6.22. The molecule has 2 rings (SSSR count). The molecule has 3 atom stereocenters. The molecule has 3 N–H and O–H groups in total. The van der Waals surface area contributed by atoms with Gasteiger partial charge >= 0.3 is 0 Å².